The maximum atomic E-state index is 14.3. The van der Waals surface area contributed by atoms with Crippen molar-refractivity contribution in [3.63, 3.8) is 0 Å². The number of carbonyl (C=O) groups is 3. The number of allylic oxidation sites excluding steroid dienone is 2. The van der Waals surface area contributed by atoms with Crippen LogP contribution in [0.2, 0.25) is 5.02 Å². The summed E-state index contributed by atoms with van der Waals surface area (Å²) in [5.41, 5.74) is -1.57. The number of hydrogen-bond donors (Lipinski definition) is 1. The van der Waals surface area contributed by atoms with E-state index in [1.807, 2.05) is 5.32 Å². The van der Waals surface area contributed by atoms with Gasteiger partial charge in [-0.15, -0.1) is 0 Å². The molecule has 0 fully saturated rings. The zero-order valence-corrected chi connectivity index (χ0v) is 18.8. The molecule has 1 aromatic heterocycles. The van der Waals surface area contributed by atoms with Crippen molar-refractivity contribution < 1.29 is 41.4 Å². The number of alkyl halides is 3. The minimum absolute atomic E-state index is 0.0444. The van der Waals surface area contributed by atoms with Gasteiger partial charge >= 0.3 is 12.2 Å². The number of pyridine rings is 1. The van der Waals surface area contributed by atoms with Gasteiger partial charge in [-0.3, -0.25) is 19.8 Å². The summed E-state index contributed by atoms with van der Waals surface area (Å²) in [6, 6.07) is 5.36. The highest BCUT2D eigenvalue weighted by Gasteiger charge is 2.39. The standard InChI is InChI=1S/C21H18ClF4N3O5/c1-11(30)8-17(21(24,25)26)29(3)20(32)28-18-14(23)9-13(22)19(27-18)34-16-7-5-4-6-15(16)33-10-12(2)31/h4-9H,10H2,1-3H3,(H,27,28,32)/b17-8-. The van der Waals surface area contributed by atoms with E-state index in [4.69, 9.17) is 21.1 Å². The first-order valence-corrected chi connectivity index (χ1v) is 9.76. The van der Waals surface area contributed by atoms with Crippen molar-refractivity contribution in [3.8, 4) is 17.4 Å². The van der Waals surface area contributed by atoms with Crippen molar-refractivity contribution in [3.05, 3.63) is 52.9 Å². The van der Waals surface area contributed by atoms with Crippen molar-refractivity contribution in [1.29, 1.82) is 0 Å². The fraction of sp³-hybridized carbons (Fsp3) is 0.238. The van der Waals surface area contributed by atoms with Gasteiger partial charge in [0.25, 0.3) is 0 Å². The maximum absolute atomic E-state index is 14.3. The topological polar surface area (TPSA) is 97.8 Å². The number of halogens is 5. The van der Waals surface area contributed by atoms with E-state index in [2.05, 4.69) is 4.98 Å². The van der Waals surface area contributed by atoms with Gasteiger partial charge in [0.1, 0.15) is 17.3 Å². The molecule has 0 saturated heterocycles. The van der Waals surface area contributed by atoms with Gasteiger partial charge in [-0.1, -0.05) is 23.7 Å². The molecule has 1 heterocycles. The summed E-state index contributed by atoms with van der Waals surface area (Å²) in [5.74, 6) is -3.40. The zero-order chi connectivity index (χ0) is 25.6. The molecule has 34 heavy (non-hydrogen) atoms. The van der Waals surface area contributed by atoms with Crippen LogP contribution in [0.15, 0.2) is 42.1 Å². The quantitative estimate of drug-likeness (QED) is 0.396. The van der Waals surface area contributed by atoms with E-state index in [0.29, 0.717) is 0 Å². The molecule has 0 aliphatic rings. The molecule has 0 unspecified atom stereocenters. The molecule has 0 aliphatic carbocycles. The molecular weight excluding hydrogens is 486 g/mol. The Labute approximate surface area is 196 Å². The van der Waals surface area contributed by atoms with E-state index < -0.39 is 41.2 Å². The number of anilines is 1. The van der Waals surface area contributed by atoms with Crippen LogP contribution in [0.1, 0.15) is 13.8 Å². The van der Waals surface area contributed by atoms with Crippen LogP contribution in [0.25, 0.3) is 0 Å². The van der Waals surface area contributed by atoms with Gasteiger partial charge in [0.05, 0.1) is 0 Å². The van der Waals surface area contributed by atoms with Gasteiger partial charge in [0.2, 0.25) is 5.88 Å². The highest BCUT2D eigenvalue weighted by Crippen LogP contribution is 2.35. The first kappa shape index (κ1) is 26.6. The van der Waals surface area contributed by atoms with E-state index >= 15 is 0 Å². The fourth-order valence-corrected chi connectivity index (χ4v) is 2.58. The lowest BCUT2D eigenvalue weighted by Crippen LogP contribution is -2.37. The molecule has 0 spiro atoms. The minimum Gasteiger partial charge on any atom is -0.482 e. The van der Waals surface area contributed by atoms with Crippen molar-refractivity contribution in [2.24, 2.45) is 0 Å². The second-order valence-corrected chi connectivity index (χ2v) is 7.18. The number of amides is 2. The number of carbonyl (C=O) groups excluding carboxylic acids is 3. The highest BCUT2D eigenvalue weighted by atomic mass is 35.5. The summed E-state index contributed by atoms with van der Waals surface area (Å²) in [6.45, 7) is 1.93. The van der Waals surface area contributed by atoms with Crippen LogP contribution in [0, 0.1) is 5.82 Å². The summed E-state index contributed by atoms with van der Waals surface area (Å²) in [7, 11) is 0.742. The number of rotatable bonds is 8. The van der Waals surface area contributed by atoms with Crippen molar-refractivity contribution in [1.82, 2.24) is 9.88 Å². The molecular formula is C21H18ClF4N3O5. The van der Waals surface area contributed by atoms with E-state index in [9.17, 15) is 31.9 Å². The summed E-state index contributed by atoms with van der Waals surface area (Å²) in [5, 5.41) is 1.56. The van der Waals surface area contributed by atoms with Gasteiger partial charge < -0.3 is 9.47 Å². The Morgan fingerprint density at radius 3 is 2.35 bits per heavy atom. The van der Waals surface area contributed by atoms with Crippen LogP contribution in [0.5, 0.6) is 17.4 Å². The second kappa shape index (κ2) is 11.0. The number of aromatic nitrogens is 1. The molecule has 1 N–H and O–H groups in total. The minimum atomic E-state index is -5.04. The van der Waals surface area contributed by atoms with Gasteiger partial charge in [-0.05, 0) is 26.0 Å². The molecule has 1 aromatic carbocycles. The molecule has 0 atom stereocenters. The number of hydrogen-bond acceptors (Lipinski definition) is 6. The number of nitrogens with one attached hydrogen (secondary N) is 1. The van der Waals surface area contributed by atoms with E-state index in [1.165, 1.54) is 19.1 Å². The van der Waals surface area contributed by atoms with E-state index in [-0.39, 0.29) is 39.9 Å². The lowest BCUT2D eigenvalue weighted by atomic mass is 10.3. The van der Waals surface area contributed by atoms with E-state index in [1.54, 1.807) is 12.1 Å². The van der Waals surface area contributed by atoms with Gasteiger partial charge in [0, 0.05) is 19.2 Å². The summed E-state index contributed by atoms with van der Waals surface area (Å²) < 4.78 is 64.8. The molecule has 182 valence electrons. The van der Waals surface area contributed by atoms with E-state index in [0.717, 1.165) is 20.0 Å². The molecule has 2 amide bonds. The first-order chi connectivity index (χ1) is 15.8. The van der Waals surface area contributed by atoms with Crippen molar-refractivity contribution in [2.75, 3.05) is 19.0 Å². The summed E-state index contributed by atoms with van der Waals surface area (Å²) >= 11 is 5.96. The number of nitrogens with zero attached hydrogens (tertiary/aromatic N) is 2. The van der Waals surface area contributed by atoms with Gasteiger partial charge in [-0.2, -0.15) is 18.2 Å². The summed E-state index contributed by atoms with van der Waals surface area (Å²) in [4.78, 5) is 38.4. The Morgan fingerprint density at radius 2 is 1.79 bits per heavy atom. The number of ether oxygens (including phenoxy) is 2. The summed E-state index contributed by atoms with van der Waals surface area (Å²) in [6.07, 6.45) is -4.82. The van der Waals surface area contributed by atoms with Crippen molar-refractivity contribution >= 4 is 35.0 Å². The average molecular weight is 504 g/mol. The first-order valence-electron chi connectivity index (χ1n) is 9.39. The monoisotopic (exact) mass is 503 g/mol. The zero-order valence-electron chi connectivity index (χ0n) is 18.0. The Bertz CT molecular complexity index is 1140. The molecule has 0 aliphatic heterocycles. The Balaban J connectivity index is 2.33. The largest absolute Gasteiger partial charge is 0.482 e. The maximum Gasteiger partial charge on any atom is 0.431 e. The number of para-hydroxylation sites is 2. The Morgan fingerprint density at radius 1 is 1.18 bits per heavy atom. The number of benzene rings is 1. The van der Waals surface area contributed by atoms with Gasteiger partial charge in [-0.25, -0.2) is 9.18 Å². The normalized spacial score (nSPS) is 11.6. The third kappa shape index (κ3) is 7.17. The number of ketones is 2. The molecule has 0 saturated carbocycles. The van der Waals surface area contributed by atoms with Crippen LogP contribution in [0.4, 0.5) is 28.2 Å². The van der Waals surface area contributed by atoms with Crippen molar-refractivity contribution in [2.45, 2.75) is 20.0 Å². The smallest absolute Gasteiger partial charge is 0.431 e. The lowest BCUT2D eigenvalue weighted by Gasteiger charge is -2.23. The van der Waals surface area contributed by atoms with Crippen LogP contribution < -0.4 is 14.8 Å². The predicted octanol–water partition coefficient (Wildman–Crippen LogP) is 5.13. The highest BCUT2D eigenvalue weighted by molar-refractivity contribution is 6.31. The van der Waals surface area contributed by atoms with Crippen LogP contribution >= 0.6 is 11.6 Å². The van der Waals surface area contributed by atoms with Crippen LogP contribution in [0.3, 0.4) is 0 Å². The fourth-order valence-electron chi connectivity index (χ4n) is 2.40. The lowest BCUT2D eigenvalue weighted by molar-refractivity contribution is -0.119. The number of urea groups is 1. The molecule has 8 nitrogen and oxygen atoms in total. The molecule has 2 aromatic rings. The average Bonchev–Trinajstić information content (AvgIpc) is 2.73. The number of Topliss-reactive ketones (excluding diaryl/α,β-unsaturated/α-hetero) is 1. The molecule has 0 radical (unpaired) electrons. The third-order valence-electron chi connectivity index (χ3n) is 3.91. The Hall–Kier alpha value is -3.67. The van der Waals surface area contributed by atoms with Gasteiger partial charge in [0.15, 0.2) is 34.7 Å². The molecule has 0 bridgehead atoms. The third-order valence-corrected chi connectivity index (χ3v) is 4.18. The second-order valence-electron chi connectivity index (χ2n) is 6.77. The van der Waals surface area contributed by atoms with Crippen LogP contribution in [-0.2, 0) is 9.59 Å². The molecule has 13 heteroatoms. The van der Waals surface area contributed by atoms with Crippen LogP contribution in [-0.4, -0.2) is 47.3 Å². The Kier molecular flexibility index (Phi) is 8.57. The molecule has 2 rings (SSSR count). The SMILES string of the molecule is CC(=O)/C=C(\N(C)C(=O)Nc1nc(Oc2ccccc2OCC(C)=O)c(Cl)cc1F)C(F)(F)F. The predicted molar refractivity (Wildman–Crippen MR) is 113 cm³/mol.